The van der Waals surface area contributed by atoms with Crippen LogP contribution in [0.1, 0.15) is 5.56 Å². The van der Waals surface area contributed by atoms with Gasteiger partial charge in [0.1, 0.15) is 5.88 Å². The molecular weight excluding hydrogens is 286 g/mol. The molecule has 1 N–H and O–H groups in total. The molecule has 1 aromatic heterocycles. The summed E-state index contributed by atoms with van der Waals surface area (Å²) in [6.07, 6.45) is 0. The zero-order chi connectivity index (χ0) is 14.7. The highest BCUT2D eigenvalue weighted by atomic mass is 35.5. The van der Waals surface area contributed by atoms with Crippen LogP contribution in [0.25, 0.3) is 11.0 Å². The summed E-state index contributed by atoms with van der Waals surface area (Å²) in [5, 5.41) is 2.75. The first-order valence-corrected chi connectivity index (χ1v) is 7.16. The molecule has 3 rings (SSSR count). The molecule has 0 radical (unpaired) electrons. The SMILES string of the molecule is O=C(CCl)Nc1nc2ccccc2n1Cc1ccccc1. The highest BCUT2D eigenvalue weighted by Gasteiger charge is 2.12. The number of imidazole rings is 1. The summed E-state index contributed by atoms with van der Waals surface area (Å²) in [7, 11) is 0. The minimum Gasteiger partial charge on any atom is -0.305 e. The predicted octanol–water partition coefficient (Wildman–Crippen LogP) is 3.26. The minimum atomic E-state index is -0.263. The van der Waals surface area contributed by atoms with Crippen LogP contribution in [-0.4, -0.2) is 21.3 Å². The Bertz CT molecular complexity index is 768. The van der Waals surface area contributed by atoms with E-state index < -0.39 is 0 Å². The molecule has 21 heavy (non-hydrogen) atoms. The Balaban J connectivity index is 2.05. The van der Waals surface area contributed by atoms with Crippen molar-refractivity contribution >= 4 is 34.5 Å². The normalized spacial score (nSPS) is 10.7. The molecule has 1 heterocycles. The topological polar surface area (TPSA) is 46.9 Å². The number of nitrogens with one attached hydrogen (secondary N) is 1. The number of anilines is 1. The maximum absolute atomic E-state index is 11.6. The van der Waals surface area contributed by atoms with Crippen molar-refractivity contribution in [3.8, 4) is 0 Å². The molecule has 0 saturated heterocycles. The average molecular weight is 300 g/mol. The second-order valence-electron chi connectivity index (χ2n) is 4.68. The largest absolute Gasteiger partial charge is 0.305 e. The van der Waals surface area contributed by atoms with E-state index in [1.54, 1.807) is 0 Å². The molecule has 0 bridgehead atoms. The van der Waals surface area contributed by atoms with Crippen molar-refractivity contribution in [3.63, 3.8) is 0 Å². The van der Waals surface area contributed by atoms with Gasteiger partial charge in [-0.15, -0.1) is 11.6 Å². The van der Waals surface area contributed by atoms with Crippen LogP contribution in [0.4, 0.5) is 5.95 Å². The molecule has 0 saturated carbocycles. The summed E-state index contributed by atoms with van der Waals surface area (Å²) in [6.45, 7) is 0.638. The number of alkyl halides is 1. The van der Waals surface area contributed by atoms with Crippen LogP contribution in [0.5, 0.6) is 0 Å². The number of hydrogen-bond acceptors (Lipinski definition) is 2. The lowest BCUT2D eigenvalue weighted by atomic mass is 10.2. The molecule has 0 aliphatic carbocycles. The number of aromatic nitrogens is 2. The molecule has 106 valence electrons. The lowest BCUT2D eigenvalue weighted by Crippen LogP contribution is -2.17. The minimum absolute atomic E-state index is 0.0887. The molecule has 0 atom stereocenters. The van der Waals surface area contributed by atoms with E-state index in [1.807, 2.05) is 59.2 Å². The van der Waals surface area contributed by atoms with Crippen LogP contribution < -0.4 is 5.32 Å². The number of carbonyl (C=O) groups is 1. The fourth-order valence-electron chi connectivity index (χ4n) is 2.26. The Hall–Kier alpha value is -2.33. The Labute approximate surface area is 127 Å². The van der Waals surface area contributed by atoms with E-state index in [2.05, 4.69) is 10.3 Å². The predicted molar refractivity (Wildman–Crippen MR) is 84.6 cm³/mol. The number of fused-ring (bicyclic) bond motifs is 1. The van der Waals surface area contributed by atoms with E-state index in [0.717, 1.165) is 16.6 Å². The summed E-state index contributed by atoms with van der Waals surface area (Å²) in [6, 6.07) is 17.8. The van der Waals surface area contributed by atoms with Gasteiger partial charge in [0, 0.05) is 0 Å². The second kappa shape index (κ2) is 5.97. The average Bonchev–Trinajstić information content (AvgIpc) is 2.86. The molecular formula is C16H14ClN3O. The number of benzene rings is 2. The number of amides is 1. The second-order valence-corrected chi connectivity index (χ2v) is 4.94. The van der Waals surface area contributed by atoms with Crippen LogP contribution in [0.2, 0.25) is 0 Å². The summed E-state index contributed by atoms with van der Waals surface area (Å²) in [5.74, 6) is 0.168. The number of para-hydroxylation sites is 2. The Morgan fingerprint density at radius 1 is 1.10 bits per heavy atom. The number of hydrogen-bond donors (Lipinski definition) is 1. The Morgan fingerprint density at radius 2 is 1.81 bits per heavy atom. The van der Waals surface area contributed by atoms with Crippen molar-refractivity contribution in [3.05, 3.63) is 60.2 Å². The standard InChI is InChI=1S/C16H14ClN3O/c17-10-15(21)19-16-18-13-8-4-5-9-14(13)20(16)11-12-6-2-1-3-7-12/h1-9H,10-11H2,(H,18,19,21). The van der Waals surface area contributed by atoms with Crippen molar-refractivity contribution in [2.24, 2.45) is 0 Å². The van der Waals surface area contributed by atoms with E-state index in [4.69, 9.17) is 11.6 Å². The molecule has 1 amide bonds. The van der Waals surface area contributed by atoms with E-state index in [9.17, 15) is 4.79 Å². The Kier molecular flexibility index (Phi) is 3.88. The van der Waals surface area contributed by atoms with Crippen molar-refractivity contribution < 1.29 is 4.79 Å². The monoisotopic (exact) mass is 299 g/mol. The number of nitrogens with zero attached hydrogens (tertiary/aromatic N) is 2. The molecule has 0 fully saturated rings. The van der Waals surface area contributed by atoms with Gasteiger partial charge in [0.05, 0.1) is 17.6 Å². The fourth-order valence-corrected chi connectivity index (χ4v) is 2.32. The van der Waals surface area contributed by atoms with E-state index in [-0.39, 0.29) is 11.8 Å². The van der Waals surface area contributed by atoms with Gasteiger partial charge in [-0.3, -0.25) is 10.1 Å². The third-order valence-electron chi connectivity index (χ3n) is 3.21. The summed E-state index contributed by atoms with van der Waals surface area (Å²) in [5.41, 5.74) is 2.96. The summed E-state index contributed by atoms with van der Waals surface area (Å²) >= 11 is 5.56. The Morgan fingerprint density at radius 3 is 2.57 bits per heavy atom. The fraction of sp³-hybridized carbons (Fsp3) is 0.125. The van der Waals surface area contributed by atoms with Gasteiger partial charge in [-0.05, 0) is 17.7 Å². The van der Waals surface area contributed by atoms with Crippen LogP contribution in [0.3, 0.4) is 0 Å². The van der Waals surface area contributed by atoms with Crippen LogP contribution in [0, 0.1) is 0 Å². The number of halogens is 1. The third-order valence-corrected chi connectivity index (χ3v) is 3.45. The molecule has 4 nitrogen and oxygen atoms in total. The molecule has 0 unspecified atom stereocenters. The lowest BCUT2D eigenvalue weighted by molar-refractivity contribution is -0.114. The smallest absolute Gasteiger partial charge is 0.241 e. The quantitative estimate of drug-likeness (QED) is 0.752. The molecule has 0 aliphatic heterocycles. The van der Waals surface area contributed by atoms with Crippen molar-refractivity contribution in [1.82, 2.24) is 9.55 Å². The molecule has 2 aromatic carbocycles. The highest BCUT2D eigenvalue weighted by molar-refractivity contribution is 6.29. The third kappa shape index (κ3) is 2.90. The maximum atomic E-state index is 11.6. The molecule has 5 heteroatoms. The molecule has 3 aromatic rings. The first-order valence-electron chi connectivity index (χ1n) is 6.63. The van der Waals surface area contributed by atoms with Gasteiger partial charge in [-0.2, -0.15) is 0 Å². The van der Waals surface area contributed by atoms with Gasteiger partial charge in [-0.25, -0.2) is 4.98 Å². The zero-order valence-corrected chi connectivity index (χ0v) is 12.0. The van der Waals surface area contributed by atoms with E-state index in [1.165, 1.54) is 0 Å². The van der Waals surface area contributed by atoms with Gasteiger partial charge >= 0.3 is 0 Å². The highest BCUT2D eigenvalue weighted by Crippen LogP contribution is 2.21. The lowest BCUT2D eigenvalue weighted by Gasteiger charge is -2.09. The first-order chi connectivity index (χ1) is 10.3. The summed E-state index contributed by atoms with van der Waals surface area (Å²) in [4.78, 5) is 16.0. The van der Waals surface area contributed by atoms with Gasteiger partial charge in [0.15, 0.2) is 0 Å². The summed E-state index contributed by atoms with van der Waals surface area (Å²) < 4.78 is 1.98. The molecule has 0 spiro atoms. The van der Waals surface area contributed by atoms with Crippen molar-refractivity contribution in [1.29, 1.82) is 0 Å². The van der Waals surface area contributed by atoms with Gasteiger partial charge in [0.25, 0.3) is 0 Å². The maximum Gasteiger partial charge on any atom is 0.241 e. The zero-order valence-electron chi connectivity index (χ0n) is 11.3. The van der Waals surface area contributed by atoms with Crippen LogP contribution in [-0.2, 0) is 11.3 Å². The van der Waals surface area contributed by atoms with Crippen LogP contribution >= 0.6 is 11.6 Å². The van der Waals surface area contributed by atoms with Gasteiger partial charge in [-0.1, -0.05) is 42.5 Å². The van der Waals surface area contributed by atoms with Gasteiger partial charge < -0.3 is 4.57 Å². The van der Waals surface area contributed by atoms with Crippen LogP contribution in [0.15, 0.2) is 54.6 Å². The molecule has 0 aliphatic rings. The van der Waals surface area contributed by atoms with Crippen molar-refractivity contribution in [2.45, 2.75) is 6.54 Å². The van der Waals surface area contributed by atoms with Gasteiger partial charge in [0.2, 0.25) is 11.9 Å². The van der Waals surface area contributed by atoms with Crippen molar-refractivity contribution in [2.75, 3.05) is 11.2 Å². The number of carbonyl (C=O) groups excluding carboxylic acids is 1. The number of rotatable bonds is 4. The van der Waals surface area contributed by atoms with E-state index >= 15 is 0 Å². The first kappa shape index (κ1) is 13.6. The van der Waals surface area contributed by atoms with E-state index in [0.29, 0.717) is 12.5 Å².